The molecule has 1 aliphatic heterocycles. The molecule has 1 fully saturated rings. The predicted molar refractivity (Wildman–Crippen MR) is 105 cm³/mol. The first-order chi connectivity index (χ1) is 12.8. The molecule has 0 radical (unpaired) electrons. The third-order valence-electron chi connectivity index (χ3n) is 4.88. The highest BCUT2D eigenvalue weighted by molar-refractivity contribution is 5.61. The molecule has 4 rings (SSSR count). The molecule has 1 aliphatic rings. The normalized spacial score (nSPS) is 14.7. The van der Waals surface area contributed by atoms with Gasteiger partial charge in [0.2, 0.25) is 0 Å². The summed E-state index contributed by atoms with van der Waals surface area (Å²) in [6.07, 6.45) is -0.102. The average Bonchev–Trinajstić information content (AvgIpc) is 3.14. The van der Waals surface area contributed by atoms with Gasteiger partial charge in [0, 0.05) is 30.0 Å². The number of ether oxygens (including phenoxy) is 1. The van der Waals surface area contributed by atoms with Gasteiger partial charge in [-0.2, -0.15) is 0 Å². The predicted octanol–water partition coefficient (Wildman–Crippen LogP) is 4.43. The summed E-state index contributed by atoms with van der Waals surface area (Å²) in [5.41, 5.74) is 3.12. The summed E-state index contributed by atoms with van der Waals surface area (Å²) < 4.78 is 5.34. The molecular weight excluding hydrogens is 324 g/mol. The van der Waals surface area contributed by atoms with Crippen LogP contribution in [-0.2, 0) is 0 Å². The Labute approximate surface area is 153 Å². The molecule has 0 amide bonds. The van der Waals surface area contributed by atoms with E-state index in [4.69, 9.17) is 4.74 Å². The number of rotatable bonds is 4. The fourth-order valence-electron chi connectivity index (χ4n) is 3.66. The first kappa shape index (κ1) is 16.3. The van der Waals surface area contributed by atoms with Crippen molar-refractivity contribution < 1.29 is 9.84 Å². The maximum atomic E-state index is 10.8. The maximum Gasteiger partial charge on any atom is 0.164 e. The molecule has 3 aromatic carbocycles. The van der Waals surface area contributed by atoms with Crippen molar-refractivity contribution in [2.45, 2.75) is 6.17 Å². The van der Waals surface area contributed by atoms with Crippen molar-refractivity contribution in [3.63, 3.8) is 0 Å². The van der Waals surface area contributed by atoms with Crippen LogP contribution in [0.25, 0.3) is 0 Å². The molecule has 4 nitrogen and oxygen atoms in total. The van der Waals surface area contributed by atoms with Crippen LogP contribution in [0.15, 0.2) is 78.9 Å². The van der Waals surface area contributed by atoms with Gasteiger partial charge in [0.25, 0.3) is 0 Å². The van der Waals surface area contributed by atoms with E-state index in [0.717, 1.165) is 30.0 Å². The summed E-state index contributed by atoms with van der Waals surface area (Å²) in [5, 5.41) is 10.8. The Hall–Kier alpha value is -3.14. The van der Waals surface area contributed by atoms with Crippen molar-refractivity contribution in [3.8, 4) is 11.5 Å². The highest BCUT2D eigenvalue weighted by atomic mass is 16.5. The van der Waals surface area contributed by atoms with Crippen LogP contribution < -0.4 is 14.5 Å². The van der Waals surface area contributed by atoms with E-state index >= 15 is 0 Å². The number of methoxy groups -OCH3 is 1. The Kier molecular flexibility index (Phi) is 4.40. The minimum Gasteiger partial charge on any atom is -0.504 e. The maximum absolute atomic E-state index is 10.8. The Morgan fingerprint density at radius 3 is 1.81 bits per heavy atom. The largest absolute Gasteiger partial charge is 0.504 e. The molecule has 0 unspecified atom stereocenters. The van der Waals surface area contributed by atoms with E-state index in [9.17, 15) is 5.11 Å². The third-order valence-corrected chi connectivity index (χ3v) is 4.88. The second-order valence-corrected chi connectivity index (χ2v) is 6.33. The Morgan fingerprint density at radius 2 is 1.31 bits per heavy atom. The molecule has 26 heavy (non-hydrogen) atoms. The van der Waals surface area contributed by atoms with Crippen molar-refractivity contribution in [1.29, 1.82) is 0 Å². The molecule has 0 saturated carbocycles. The standard InChI is InChI=1S/C22H22N2O2/c1-26-20-14-8-13-19(21(20)25)22-23(17-9-4-2-5-10-17)15-16-24(22)18-11-6-3-7-12-18/h2-14,22,25H,15-16H2,1H3. The monoisotopic (exact) mass is 346 g/mol. The molecule has 0 spiro atoms. The van der Waals surface area contributed by atoms with Gasteiger partial charge in [-0.1, -0.05) is 48.5 Å². The molecule has 0 aliphatic carbocycles. The molecule has 132 valence electrons. The van der Waals surface area contributed by atoms with Crippen molar-refractivity contribution in [2.24, 2.45) is 0 Å². The molecule has 0 bridgehead atoms. The number of phenolic OH excluding ortho intramolecular Hbond substituents is 1. The number of aromatic hydroxyl groups is 1. The van der Waals surface area contributed by atoms with Crippen LogP contribution >= 0.6 is 0 Å². The van der Waals surface area contributed by atoms with Crippen LogP contribution in [0.3, 0.4) is 0 Å². The number of phenols is 1. The molecule has 1 heterocycles. The zero-order valence-corrected chi connectivity index (χ0v) is 14.7. The van der Waals surface area contributed by atoms with E-state index < -0.39 is 0 Å². The number of nitrogens with zero attached hydrogens (tertiary/aromatic N) is 2. The lowest BCUT2D eigenvalue weighted by Gasteiger charge is -2.33. The van der Waals surface area contributed by atoms with Gasteiger partial charge in [-0.25, -0.2) is 0 Å². The minimum atomic E-state index is -0.102. The number of para-hydroxylation sites is 3. The second-order valence-electron chi connectivity index (χ2n) is 6.33. The third kappa shape index (κ3) is 2.84. The molecule has 0 aromatic heterocycles. The van der Waals surface area contributed by atoms with Crippen molar-refractivity contribution in [1.82, 2.24) is 0 Å². The fraction of sp³-hybridized carbons (Fsp3) is 0.182. The topological polar surface area (TPSA) is 35.9 Å². The lowest BCUT2D eigenvalue weighted by molar-refractivity contribution is 0.368. The first-order valence-corrected chi connectivity index (χ1v) is 8.79. The molecule has 1 saturated heterocycles. The Balaban J connectivity index is 1.83. The molecule has 3 aromatic rings. The molecule has 4 heteroatoms. The van der Waals surface area contributed by atoms with Gasteiger partial charge in [-0.05, 0) is 30.3 Å². The summed E-state index contributed by atoms with van der Waals surface area (Å²) in [6.45, 7) is 1.75. The van der Waals surface area contributed by atoms with Gasteiger partial charge < -0.3 is 19.6 Å². The van der Waals surface area contributed by atoms with Gasteiger partial charge in [0.1, 0.15) is 6.17 Å². The van der Waals surface area contributed by atoms with Crippen LogP contribution in [-0.4, -0.2) is 25.3 Å². The average molecular weight is 346 g/mol. The highest BCUT2D eigenvalue weighted by Gasteiger charge is 2.35. The number of anilines is 2. The van der Waals surface area contributed by atoms with Crippen LogP contribution in [0, 0.1) is 0 Å². The first-order valence-electron chi connectivity index (χ1n) is 8.79. The molecule has 1 N–H and O–H groups in total. The van der Waals surface area contributed by atoms with Crippen molar-refractivity contribution in [3.05, 3.63) is 84.4 Å². The van der Waals surface area contributed by atoms with E-state index in [0.29, 0.717) is 5.75 Å². The van der Waals surface area contributed by atoms with Gasteiger partial charge >= 0.3 is 0 Å². The van der Waals surface area contributed by atoms with Gasteiger partial charge in [0.15, 0.2) is 11.5 Å². The summed E-state index contributed by atoms with van der Waals surface area (Å²) >= 11 is 0. The van der Waals surface area contributed by atoms with Crippen LogP contribution in [0.2, 0.25) is 0 Å². The number of benzene rings is 3. The second kappa shape index (κ2) is 7.00. The smallest absolute Gasteiger partial charge is 0.164 e. The number of hydrogen-bond acceptors (Lipinski definition) is 4. The van der Waals surface area contributed by atoms with E-state index in [1.54, 1.807) is 13.2 Å². The van der Waals surface area contributed by atoms with Gasteiger partial charge in [0.05, 0.1) is 7.11 Å². The van der Waals surface area contributed by atoms with E-state index in [1.807, 2.05) is 48.5 Å². The molecule has 0 atom stereocenters. The highest BCUT2D eigenvalue weighted by Crippen LogP contribution is 2.43. The fourth-order valence-corrected chi connectivity index (χ4v) is 3.66. The summed E-state index contributed by atoms with van der Waals surface area (Å²) in [5.74, 6) is 0.694. The molecular formula is C22H22N2O2. The minimum absolute atomic E-state index is 0.102. The summed E-state index contributed by atoms with van der Waals surface area (Å²) in [7, 11) is 1.58. The lowest BCUT2D eigenvalue weighted by atomic mass is 10.1. The summed E-state index contributed by atoms with van der Waals surface area (Å²) in [6, 6.07) is 26.3. The summed E-state index contributed by atoms with van der Waals surface area (Å²) in [4.78, 5) is 4.64. The van der Waals surface area contributed by atoms with E-state index in [1.165, 1.54) is 0 Å². The van der Waals surface area contributed by atoms with Crippen molar-refractivity contribution >= 4 is 11.4 Å². The van der Waals surface area contributed by atoms with Crippen molar-refractivity contribution in [2.75, 3.05) is 30.0 Å². The zero-order chi connectivity index (χ0) is 17.9. The number of hydrogen-bond donors (Lipinski definition) is 1. The van der Waals surface area contributed by atoms with E-state index in [-0.39, 0.29) is 11.9 Å². The zero-order valence-electron chi connectivity index (χ0n) is 14.7. The quantitative estimate of drug-likeness (QED) is 0.758. The van der Waals surface area contributed by atoms with Crippen LogP contribution in [0.5, 0.6) is 11.5 Å². The van der Waals surface area contributed by atoms with Gasteiger partial charge in [-0.15, -0.1) is 0 Å². The van der Waals surface area contributed by atoms with Crippen LogP contribution in [0.1, 0.15) is 11.7 Å². The Morgan fingerprint density at radius 1 is 0.769 bits per heavy atom. The Bertz CT molecular complexity index is 820. The SMILES string of the molecule is COc1cccc(C2N(c3ccccc3)CCN2c2ccccc2)c1O. The lowest BCUT2D eigenvalue weighted by Crippen LogP contribution is -2.31. The van der Waals surface area contributed by atoms with Crippen LogP contribution in [0.4, 0.5) is 11.4 Å². The van der Waals surface area contributed by atoms with E-state index in [2.05, 4.69) is 34.1 Å². The van der Waals surface area contributed by atoms with Gasteiger partial charge in [-0.3, -0.25) is 0 Å².